The molecule has 0 spiro atoms. The number of nitro groups is 1. The third-order valence-electron chi connectivity index (χ3n) is 2.98. The van der Waals surface area contributed by atoms with Crippen molar-refractivity contribution < 1.29 is 22.1 Å². The molecule has 1 N–H and O–H groups in total. The molecule has 0 aliphatic rings. The van der Waals surface area contributed by atoms with Gasteiger partial charge in [0, 0.05) is 22.4 Å². The van der Waals surface area contributed by atoms with Crippen molar-refractivity contribution in [3.63, 3.8) is 0 Å². The maximum Gasteiger partial charge on any atom is 0.341 e. The molecule has 0 unspecified atom stereocenters. The van der Waals surface area contributed by atoms with Crippen LogP contribution >= 0.6 is 11.3 Å². The number of halogens is 2. The Morgan fingerprint density at radius 1 is 1.30 bits per heavy atom. The highest BCUT2D eigenvalue weighted by atomic mass is 32.2. The van der Waals surface area contributed by atoms with E-state index in [1.807, 2.05) is 19.1 Å². The van der Waals surface area contributed by atoms with Gasteiger partial charge in [-0.15, -0.1) is 11.3 Å². The third-order valence-corrected chi connectivity index (χ3v) is 5.36. The first kappa shape index (κ1) is 17.3. The molecule has 0 saturated heterocycles. The van der Waals surface area contributed by atoms with Crippen molar-refractivity contribution in [1.29, 1.82) is 0 Å². The van der Waals surface area contributed by atoms with Gasteiger partial charge in [-0.05, 0) is 31.2 Å². The van der Waals surface area contributed by atoms with E-state index in [-0.39, 0.29) is 5.69 Å². The zero-order valence-corrected chi connectivity index (χ0v) is 13.5. The number of thiophene rings is 1. The molecule has 0 radical (unpaired) electrons. The Kier molecular flexibility index (Phi) is 4.95. The molecule has 1 aromatic heterocycles. The molecule has 0 saturated carbocycles. The highest BCUT2D eigenvalue weighted by Gasteiger charge is 2.29. The standard InChI is InChI=1S/C13H12F2N2O4S2/c1-8-2-3-9(22-8)7-16-11-5-4-10(6-12(11)17(18)19)23(20,21)13(14)15/h2-6,13,16H,7H2,1H3. The summed E-state index contributed by atoms with van der Waals surface area (Å²) < 4.78 is 47.9. The van der Waals surface area contributed by atoms with E-state index in [1.54, 1.807) is 0 Å². The Hall–Kier alpha value is -2.07. The third kappa shape index (κ3) is 3.82. The minimum Gasteiger partial charge on any atom is -0.375 e. The van der Waals surface area contributed by atoms with Crippen LogP contribution in [0, 0.1) is 17.0 Å². The molecule has 2 aromatic rings. The summed E-state index contributed by atoms with van der Waals surface area (Å²) in [6, 6.07) is 6.44. The maximum absolute atomic E-state index is 12.5. The van der Waals surface area contributed by atoms with E-state index < -0.39 is 31.1 Å². The molecule has 10 heteroatoms. The second kappa shape index (κ2) is 6.59. The average Bonchev–Trinajstić information content (AvgIpc) is 2.90. The van der Waals surface area contributed by atoms with Crippen LogP contribution in [0.25, 0.3) is 0 Å². The number of nitrogens with zero attached hydrogens (tertiary/aromatic N) is 1. The lowest BCUT2D eigenvalue weighted by Gasteiger charge is -2.08. The lowest BCUT2D eigenvalue weighted by Crippen LogP contribution is -2.12. The van der Waals surface area contributed by atoms with Crippen molar-refractivity contribution >= 4 is 32.5 Å². The van der Waals surface area contributed by atoms with Crippen LogP contribution in [0.4, 0.5) is 20.2 Å². The monoisotopic (exact) mass is 362 g/mol. The zero-order chi connectivity index (χ0) is 17.2. The molecule has 0 fully saturated rings. The van der Waals surface area contributed by atoms with Gasteiger partial charge in [0.2, 0.25) is 9.84 Å². The van der Waals surface area contributed by atoms with Crippen molar-refractivity contribution in [3.05, 3.63) is 50.2 Å². The first-order valence-electron chi connectivity index (χ1n) is 6.31. The normalized spacial score (nSPS) is 11.7. The maximum atomic E-state index is 12.5. The fraction of sp³-hybridized carbons (Fsp3) is 0.231. The van der Waals surface area contributed by atoms with Gasteiger partial charge in [0.1, 0.15) is 5.69 Å². The number of benzene rings is 1. The molecule has 0 aliphatic carbocycles. The van der Waals surface area contributed by atoms with Crippen LogP contribution in [0.5, 0.6) is 0 Å². The Labute approximate surface area is 134 Å². The second-order valence-corrected chi connectivity index (χ2v) is 7.90. The first-order valence-corrected chi connectivity index (χ1v) is 8.68. The predicted molar refractivity (Wildman–Crippen MR) is 82.7 cm³/mol. The van der Waals surface area contributed by atoms with E-state index in [1.165, 1.54) is 11.3 Å². The van der Waals surface area contributed by atoms with Gasteiger partial charge in [-0.2, -0.15) is 8.78 Å². The predicted octanol–water partition coefficient (Wildman–Crippen LogP) is 3.57. The van der Waals surface area contributed by atoms with Crippen molar-refractivity contribution in [3.8, 4) is 0 Å². The van der Waals surface area contributed by atoms with Gasteiger partial charge in [0.15, 0.2) is 0 Å². The number of nitro benzene ring substituents is 1. The zero-order valence-electron chi connectivity index (χ0n) is 11.8. The molecule has 0 amide bonds. The van der Waals surface area contributed by atoms with Crippen LogP contribution in [-0.2, 0) is 16.4 Å². The van der Waals surface area contributed by atoms with Gasteiger partial charge in [-0.3, -0.25) is 10.1 Å². The minimum absolute atomic E-state index is 0.0641. The van der Waals surface area contributed by atoms with E-state index in [9.17, 15) is 27.3 Å². The Morgan fingerprint density at radius 3 is 2.52 bits per heavy atom. The van der Waals surface area contributed by atoms with E-state index >= 15 is 0 Å². The quantitative estimate of drug-likeness (QED) is 0.627. The Bertz CT molecular complexity index is 834. The molecule has 124 valence electrons. The smallest absolute Gasteiger partial charge is 0.341 e. The molecule has 2 rings (SSSR count). The number of sulfone groups is 1. The topological polar surface area (TPSA) is 89.3 Å². The Morgan fingerprint density at radius 2 is 2.00 bits per heavy atom. The summed E-state index contributed by atoms with van der Waals surface area (Å²) in [6.07, 6.45) is 0. The molecule has 0 atom stereocenters. The van der Waals surface area contributed by atoms with Gasteiger partial charge in [-0.25, -0.2) is 8.42 Å². The highest BCUT2D eigenvalue weighted by molar-refractivity contribution is 7.91. The molecule has 1 heterocycles. The minimum atomic E-state index is -4.88. The molecule has 23 heavy (non-hydrogen) atoms. The summed E-state index contributed by atoms with van der Waals surface area (Å²) >= 11 is 1.51. The summed E-state index contributed by atoms with van der Waals surface area (Å²) in [4.78, 5) is 11.5. The van der Waals surface area contributed by atoms with Crippen molar-refractivity contribution in [1.82, 2.24) is 0 Å². The average molecular weight is 362 g/mol. The van der Waals surface area contributed by atoms with Crippen molar-refractivity contribution in [2.75, 3.05) is 5.32 Å². The van der Waals surface area contributed by atoms with Crippen LogP contribution in [0.15, 0.2) is 35.2 Å². The second-order valence-electron chi connectivity index (χ2n) is 4.61. The van der Waals surface area contributed by atoms with Crippen molar-refractivity contribution in [2.45, 2.75) is 24.1 Å². The lowest BCUT2D eigenvalue weighted by molar-refractivity contribution is -0.384. The molecule has 0 aliphatic heterocycles. The summed E-state index contributed by atoms with van der Waals surface area (Å²) in [5.41, 5.74) is -0.505. The number of rotatable bonds is 6. The lowest BCUT2D eigenvalue weighted by atomic mass is 10.2. The van der Waals surface area contributed by atoms with Gasteiger partial charge < -0.3 is 5.32 Å². The molecule has 1 aromatic carbocycles. The first-order chi connectivity index (χ1) is 10.7. The van der Waals surface area contributed by atoms with Crippen LogP contribution in [0.1, 0.15) is 9.75 Å². The Balaban J connectivity index is 2.32. The number of hydrogen-bond donors (Lipinski definition) is 1. The SMILES string of the molecule is Cc1ccc(CNc2ccc(S(=O)(=O)C(F)F)cc2[N+](=O)[O-])s1. The number of hydrogen-bond acceptors (Lipinski definition) is 6. The summed E-state index contributed by atoms with van der Waals surface area (Å²) in [6.45, 7) is 2.22. The van der Waals surface area contributed by atoms with Crippen LogP contribution in [-0.4, -0.2) is 19.1 Å². The van der Waals surface area contributed by atoms with E-state index in [2.05, 4.69) is 5.32 Å². The van der Waals surface area contributed by atoms with Gasteiger partial charge in [0.05, 0.1) is 9.82 Å². The van der Waals surface area contributed by atoms with Gasteiger partial charge in [-0.1, -0.05) is 0 Å². The fourth-order valence-corrected chi connectivity index (χ4v) is 3.42. The van der Waals surface area contributed by atoms with Crippen molar-refractivity contribution in [2.24, 2.45) is 0 Å². The fourth-order valence-electron chi connectivity index (χ4n) is 1.85. The van der Waals surface area contributed by atoms with Crippen LogP contribution < -0.4 is 5.32 Å². The van der Waals surface area contributed by atoms with E-state index in [0.29, 0.717) is 12.6 Å². The number of alkyl halides is 2. The number of aryl methyl sites for hydroxylation is 1. The highest BCUT2D eigenvalue weighted by Crippen LogP contribution is 2.30. The molecule has 6 nitrogen and oxygen atoms in total. The molecule has 0 bridgehead atoms. The van der Waals surface area contributed by atoms with Gasteiger partial charge in [0.25, 0.3) is 5.69 Å². The number of nitrogens with one attached hydrogen (secondary N) is 1. The largest absolute Gasteiger partial charge is 0.375 e. The van der Waals surface area contributed by atoms with E-state index in [0.717, 1.165) is 21.9 Å². The van der Waals surface area contributed by atoms with E-state index in [4.69, 9.17) is 0 Å². The molecular weight excluding hydrogens is 350 g/mol. The summed E-state index contributed by atoms with van der Waals surface area (Å²) in [5.74, 6) is -3.63. The summed E-state index contributed by atoms with van der Waals surface area (Å²) in [5, 5.41) is 13.9. The number of anilines is 1. The summed E-state index contributed by atoms with van der Waals surface area (Å²) in [7, 11) is -4.88. The van der Waals surface area contributed by atoms with Gasteiger partial charge >= 0.3 is 5.76 Å². The molecular formula is C13H12F2N2O4S2. The van der Waals surface area contributed by atoms with Crippen LogP contribution in [0.3, 0.4) is 0 Å². The van der Waals surface area contributed by atoms with Crippen LogP contribution in [0.2, 0.25) is 0 Å².